The molecule has 1 aliphatic carbocycles. The number of anilines is 1. The molecule has 4 aromatic rings. The minimum absolute atomic E-state index is 0.0560. The monoisotopic (exact) mass is 545 g/mol. The highest BCUT2D eigenvalue weighted by atomic mass is 16.5. The molecule has 3 heterocycles. The molecule has 210 valence electrons. The van der Waals surface area contributed by atoms with Crippen molar-refractivity contribution in [1.29, 1.82) is 0 Å². The fourth-order valence-corrected chi connectivity index (χ4v) is 4.53. The Labute approximate surface area is 232 Å². The second kappa shape index (κ2) is 12.8. The summed E-state index contributed by atoms with van der Waals surface area (Å²) < 4.78 is 14.7. The van der Waals surface area contributed by atoms with Crippen molar-refractivity contribution in [1.82, 2.24) is 29.7 Å². The number of aromatic nitrogens is 5. The second-order valence-corrected chi connectivity index (χ2v) is 10.0. The first-order valence-electron chi connectivity index (χ1n) is 13.7. The summed E-state index contributed by atoms with van der Waals surface area (Å²) in [5.74, 6) is -0.154. The molecule has 1 aromatic carbocycles. The van der Waals surface area contributed by atoms with Gasteiger partial charge in [-0.25, -0.2) is 9.67 Å². The zero-order valence-corrected chi connectivity index (χ0v) is 22.9. The van der Waals surface area contributed by atoms with E-state index < -0.39 is 0 Å². The molecule has 0 radical (unpaired) electrons. The Kier molecular flexibility index (Phi) is 8.82. The lowest BCUT2D eigenvalue weighted by Crippen LogP contribution is -2.39. The van der Waals surface area contributed by atoms with Crippen molar-refractivity contribution in [2.75, 3.05) is 31.7 Å². The molecule has 1 aliphatic rings. The molecule has 0 aliphatic heterocycles. The maximum Gasteiger partial charge on any atom is 0.259 e. The quantitative estimate of drug-likeness (QED) is 0.246. The van der Waals surface area contributed by atoms with Gasteiger partial charge in [0.05, 0.1) is 44.7 Å². The van der Waals surface area contributed by atoms with Gasteiger partial charge in [0.1, 0.15) is 11.3 Å². The molecule has 0 unspecified atom stereocenters. The smallest absolute Gasteiger partial charge is 0.259 e. The van der Waals surface area contributed by atoms with Crippen LogP contribution in [0.1, 0.15) is 47.4 Å². The third-order valence-corrected chi connectivity index (χ3v) is 6.94. The molecule has 40 heavy (non-hydrogen) atoms. The third-order valence-electron chi connectivity index (χ3n) is 6.94. The van der Waals surface area contributed by atoms with Crippen molar-refractivity contribution in [3.8, 4) is 11.3 Å². The highest BCUT2D eigenvalue weighted by molar-refractivity contribution is 6.08. The predicted molar refractivity (Wildman–Crippen MR) is 150 cm³/mol. The normalized spacial score (nSPS) is 13.3. The Morgan fingerprint density at radius 3 is 2.55 bits per heavy atom. The fraction of sp³-hybridized carbons (Fsp3) is 0.414. The summed E-state index contributed by atoms with van der Waals surface area (Å²) in [4.78, 5) is 29.2. The van der Waals surface area contributed by atoms with E-state index in [1.807, 2.05) is 61.0 Å². The minimum atomic E-state index is -0.210. The molecule has 2 N–H and O–H groups in total. The fourth-order valence-electron chi connectivity index (χ4n) is 4.53. The summed E-state index contributed by atoms with van der Waals surface area (Å²) in [6.45, 7) is 6.24. The number of carbonyl (C=O) groups is 2. The van der Waals surface area contributed by atoms with Gasteiger partial charge in [0.2, 0.25) is 5.91 Å². The first-order chi connectivity index (χ1) is 19.5. The molecular formula is C29H35N7O4. The molecule has 11 heteroatoms. The van der Waals surface area contributed by atoms with Gasteiger partial charge in [-0.05, 0) is 57.4 Å². The van der Waals surface area contributed by atoms with Crippen molar-refractivity contribution in [3.05, 3.63) is 65.7 Å². The summed E-state index contributed by atoms with van der Waals surface area (Å²) in [7, 11) is 0. The van der Waals surface area contributed by atoms with Crippen LogP contribution in [0.2, 0.25) is 0 Å². The van der Waals surface area contributed by atoms with Gasteiger partial charge in [-0.3, -0.25) is 9.59 Å². The van der Waals surface area contributed by atoms with E-state index in [2.05, 4.69) is 25.9 Å². The van der Waals surface area contributed by atoms with Crippen LogP contribution in [0.15, 0.2) is 48.8 Å². The lowest BCUT2D eigenvalue weighted by molar-refractivity contribution is -0.123. The van der Waals surface area contributed by atoms with Crippen LogP contribution in [0.25, 0.3) is 16.9 Å². The molecule has 11 nitrogen and oxygen atoms in total. The maximum absolute atomic E-state index is 12.9. The average molecular weight is 546 g/mol. The Morgan fingerprint density at radius 1 is 1.02 bits per heavy atom. The zero-order valence-electron chi connectivity index (χ0n) is 22.9. The number of hydrogen-bond acceptors (Lipinski definition) is 7. The van der Waals surface area contributed by atoms with E-state index in [0.29, 0.717) is 62.3 Å². The summed E-state index contributed by atoms with van der Waals surface area (Å²) in [5, 5.41) is 14.4. The van der Waals surface area contributed by atoms with Crippen molar-refractivity contribution in [2.45, 2.75) is 52.1 Å². The van der Waals surface area contributed by atoms with Crippen LogP contribution in [0.5, 0.6) is 0 Å². The molecule has 1 fully saturated rings. The van der Waals surface area contributed by atoms with Gasteiger partial charge in [0.25, 0.3) is 5.91 Å². The van der Waals surface area contributed by atoms with Gasteiger partial charge in [-0.15, -0.1) is 5.10 Å². The van der Waals surface area contributed by atoms with Crippen LogP contribution in [0, 0.1) is 13.8 Å². The summed E-state index contributed by atoms with van der Waals surface area (Å²) in [6.07, 6.45) is 7.48. The Balaban J connectivity index is 1.02. The maximum atomic E-state index is 12.9. The summed E-state index contributed by atoms with van der Waals surface area (Å²) in [6, 6.07) is 11.6. The van der Waals surface area contributed by atoms with Crippen LogP contribution in [0.4, 0.5) is 5.69 Å². The number of nitrogens with one attached hydrogen (secondary N) is 2. The predicted octanol–water partition coefficient (Wildman–Crippen LogP) is 3.55. The average Bonchev–Trinajstić information content (AvgIpc) is 3.56. The zero-order chi connectivity index (χ0) is 27.9. The van der Waals surface area contributed by atoms with Crippen molar-refractivity contribution in [3.63, 3.8) is 0 Å². The van der Waals surface area contributed by atoms with E-state index in [-0.39, 0.29) is 11.8 Å². The topological polar surface area (TPSA) is 125 Å². The van der Waals surface area contributed by atoms with Crippen LogP contribution < -0.4 is 10.6 Å². The molecule has 0 atom stereocenters. The van der Waals surface area contributed by atoms with Crippen LogP contribution >= 0.6 is 0 Å². The molecule has 1 saturated carbocycles. The standard InChI is InChI=1S/C29H35N7O4/c1-20-18-21(2)36-12-10-25(28(36)30-20)29(38)32-24-8-6-22(7-9-24)26-19-35(34-33-26)13-15-40-17-16-39-14-11-27(37)31-23-4-3-5-23/h6-10,12,18-19,23H,3-5,11,13-17H2,1-2H3,(H,31,37)(H,32,38). The highest BCUT2D eigenvalue weighted by Gasteiger charge is 2.19. The number of amides is 2. The lowest BCUT2D eigenvalue weighted by Gasteiger charge is -2.26. The molecule has 2 amide bonds. The van der Waals surface area contributed by atoms with Crippen LogP contribution in [-0.2, 0) is 20.8 Å². The van der Waals surface area contributed by atoms with Gasteiger partial charge < -0.3 is 24.5 Å². The lowest BCUT2D eigenvalue weighted by atomic mass is 9.93. The van der Waals surface area contributed by atoms with E-state index in [0.717, 1.165) is 35.5 Å². The van der Waals surface area contributed by atoms with Crippen LogP contribution in [-0.4, -0.2) is 68.7 Å². The number of aryl methyl sites for hydroxylation is 2. The number of carbonyl (C=O) groups excluding carboxylic acids is 2. The highest BCUT2D eigenvalue weighted by Crippen LogP contribution is 2.21. The number of hydrogen-bond donors (Lipinski definition) is 2. The van der Waals surface area contributed by atoms with Gasteiger partial charge >= 0.3 is 0 Å². The Bertz CT molecular complexity index is 1460. The van der Waals surface area contributed by atoms with Gasteiger partial charge in [-0.1, -0.05) is 17.3 Å². The SMILES string of the molecule is Cc1cc(C)n2ccc(C(=O)Nc3ccc(-c4cn(CCOCCOCCC(=O)NC5CCC5)nn4)cc3)c2n1. The first kappa shape index (κ1) is 27.5. The molecule has 0 spiro atoms. The number of ether oxygens (including phenoxy) is 2. The van der Waals surface area contributed by atoms with Gasteiger partial charge in [0, 0.05) is 41.3 Å². The van der Waals surface area contributed by atoms with E-state index >= 15 is 0 Å². The number of nitrogens with zero attached hydrogens (tertiary/aromatic N) is 5. The van der Waals surface area contributed by atoms with Gasteiger partial charge in [0.15, 0.2) is 0 Å². The van der Waals surface area contributed by atoms with E-state index in [1.54, 1.807) is 10.7 Å². The van der Waals surface area contributed by atoms with E-state index in [9.17, 15) is 9.59 Å². The van der Waals surface area contributed by atoms with Crippen LogP contribution in [0.3, 0.4) is 0 Å². The molecule has 0 bridgehead atoms. The largest absolute Gasteiger partial charge is 0.379 e. The number of rotatable bonds is 13. The summed E-state index contributed by atoms with van der Waals surface area (Å²) >= 11 is 0. The minimum Gasteiger partial charge on any atom is -0.379 e. The third kappa shape index (κ3) is 6.91. The second-order valence-electron chi connectivity index (χ2n) is 10.0. The summed E-state index contributed by atoms with van der Waals surface area (Å²) in [5.41, 5.74) is 5.36. The van der Waals surface area contributed by atoms with Crippen molar-refractivity contribution < 1.29 is 19.1 Å². The van der Waals surface area contributed by atoms with Crippen molar-refractivity contribution >= 4 is 23.1 Å². The number of fused-ring (bicyclic) bond motifs is 1. The molecular weight excluding hydrogens is 510 g/mol. The molecule has 5 rings (SSSR count). The molecule has 0 saturated heterocycles. The van der Waals surface area contributed by atoms with E-state index in [1.165, 1.54) is 6.42 Å². The Morgan fingerprint density at radius 2 is 1.80 bits per heavy atom. The first-order valence-corrected chi connectivity index (χ1v) is 13.7. The number of benzene rings is 1. The van der Waals surface area contributed by atoms with Crippen molar-refractivity contribution in [2.24, 2.45) is 0 Å². The Hall–Kier alpha value is -4.09. The van der Waals surface area contributed by atoms with Gasteiger partial charge in [-0.2, -0.15) is 0 Å². The molecule has 3 aromatic heterocycles. The van der Waals surface area contributed by atoms with E-state index in [4.69, 9.17) is 9.47 Å².